The zero-order valence-corrected chi connectivity index (χ0v) is 10.7. The monoisotopic (exact) mass is 239 g/mol. The van der Waals surface area contributed by atoms with Gasteiger partial charge < -0.3 is 5.32 Å². The fourth-order valence-corrected chi connectivity index (χ4v) is 1.82. The summed E-state index contributed by atoms with van der Waals surface area (Å²) in [5.41, 5.74) is 3.89. The molecule has 0 heterocycles. The van der Waals surface area contributed by atoms with E-state index in [2.05, 4.69) is 12.2 Å². The van der Waals surface area contributed by atoms with Gasteiger partial charge in [-0.1, -0.05) is 31.2 Å². The zero-order chi connectivity index (χ0) is 13.0. The van der Waals surface area contributed by atoms with Crippen molar-refractivity contribution in [1.29, 1.82) is 0 Å². The summed E-state index contributed by atoms with van der Waals surface area (Å²) in [6.07, 6.45) is 0.986. The van der Waals surface area contributed by atoms with E-state index >= 15 is 0 Å². The number of benzene rings is 2. The largest absolute Gasteiger partial charge is 0.322 e. The highest BCUT2D eigenvalue weighted by atomic mass is 16.1. The highest BCUT2D eigenvalue weighted by Crippen LogP contribution is 2.12. The predicted octanol–water partition coefficient (Wildman–Crippen LogP) is 3.81. The van der Waals surface area contributed by atoms with Crippen molar-refractivity contribution in [2.45, 2.75) is 20.3 Å². The van der Waals surface area contributed by atoms with E-state index in [9.17, 15) is 4.79 Å². The van der Waals surface area contributed by atoms with Crippen LogP contribution in [0.2, 0.25) is 0 Å². The summed E-state index contributed by atoms with van der Waals surface area (Å²) in [6, 6.07) is 15.5. The third kappa shape index (κ3) is 2.98. The second-order valence-electron chi connectivity index (χ2n) is 4.37. The lowest BCUT2D eigenvalue weighted by molar-refractivity contribution is 0.102. The number of rotatable bonds is 3. The standard InChI is InChI=1S/C16H17NO/c1-3-13-7-9-14(10-8-13)16(18)17-15-6-4-5-12(2)11-15/h4-11H,3H2,1-2H3,(H,17,18). The van der Waals surface area contributed by atoms with Crippen molar-refractivity contribution in [3.63, 3.8) is 0 Å². The van der Waals surface area contributed by atoms with Gasteiger partial charge in [0, 0.05) is 11.3 Å². The fourth-order valence-electron chi connectivity index (χ4n) is 1.82. The summed E-state index contributed by atoms with van der Waals surface area (Å²) in [6.45, 7) is 4.10. The van der Waals surface area contributed by atoms with Crippen molar-refractivity contribution in [3.05, 3.63) is 65.2 Å². The van der Waals surface area contributed by atoms with Crippen molar-refractivity contribution in [2.24, 2.45) is 0 Å². The summed E-state index contributed by atoms with van der Waals surface area (Å²) in [7, 11) is 0. The van der Waals surface area contributed by atoms with Gasteiger partial charge in [-0.2, -0.15) is 0 Å². The molecular formula is C16H17NO. The molecule has 1 amide bonds. The number of hydrogen-bond donors (Lipinski definition) is 1. The molecule has 0 fully saturated rings. The van der Waals surface area contributed by atoms with Crippen LogP contribution in [0.5, 0.6) is 0 Å². The first-order chi connectivity index (χ1) is 8.69. The molecule has 18 heavy (non-hydrogen) atoms. The Morgan fingerprint density at radius 3 is 2.44 bits per heavy atom. The average Bonchev–Trinajstić information content (AvgIpc) is 2.39. The van der Waals surface area contributed by atoms with Crippen LogP contribution in [0.3, 0.4) is 0 Å². The van der Waals surface area contributed by atoms with Gasteiger partial charge in [-0.25, -0.2) is 0 Å². The Kier molecular flexibility index (Phi) is 3.78. The van der Waals surface area contributed by atoms with Gasteiger partial charge in [0.05, 0.1) is 0 Å². The van der Waals surface area contributed by atoms with Gasteiger partial charge in [-0.15, -0.1) is 0 Å². The molecule has 92 valence electrons. The van der Waals surface area contributed by atoms with E-state index in [4.69, 9.17) is 0 Å². The third-order valence-corrected chi connectivity index (χ3v) is 2.90. The minimum absolute atomic E-state index is 0.0664. The second-order valence-corrected chi connectivity index (χ2v) is 4.37. The van der Waals surface area contributed by atoms with E-state index in [0.717, 1.165) is 17.7 Å². The van der Waals surface area contributed by atoms with Crippen molar-refractivity contribution >= 4 is 11.6 Å². The molecule has 2 heteroatoms. The van der Waals surface area contributed by atoms with E-state index in [0.29, 0.717) is 5.56 Å². The number of carbonyl (C=O) groups excluding carboxylic acids is 1. The molecule has 2 nitrogen and oxygen atoms in total. The van der Waals surface area contributed by atoms with Crippen LogP contribution >= 0.6 is 0 Å². The highest BCUT2D eigenvalue weighted by molar-refractivity contribution is 6.04. The van der Waals surface area contributed by atoms with Crippen LogP contribution in [-0.2, 0) is 6.42 Å². The van der Waals surface area contributed by atoms with Crippen LogP contribution in [0.1, 0.15) is 28.4 Å². The molecule has 0 bridgehead atoms. The molecule has 0 saturated heterocycles. The molecule has 0 atom stereocenters. The SMILES string of the molecule is CCc1ccc(C(=O)Nc2cccc(C)c2)cc1. The topological polar surface area (TPSA) is 29.1 Å². The summed E-state index contributed by atoms with van der Waals surface area (Å²) in [4.78, 5) is 12.0. The quantitative estimate of drug-likeness (QED) is 0.867. The normalized spacial score (nSPS) is 10.1. The van der Waals surface area contributed by atoms with Crippen LogP contribution in [0.15, 0.2) is 48.5 Å². The Hall–Kier alpha value is -2.09. The number of anilines is 1. The van der Waals surface area contributed by atoms with E-state index in [1.807, 2.05) is 55.5 Å². The van der Waals surface area contributed by atoms with E-state index in [1.165, 1.54) is 5.56 Å². The zero-order valence-electron chi connectivity index (χ0n) is 10.7. The molecule has 1 N–H and O–H groups in total. The van der Waals surface area contributed by atoms with Gasteiger partial charge in [-0.3, -0.25) is 4.79 Å². The van der Waals surface area contributed by atoms with Gasteiger partial charge in [-0.05, 0) is 48.7 Å². The Labute approximate surface area is 108 Å². The summed E-state index contributed by atoms with van der Waals surface area (Å²) >= 11 is 0. The van der Waals surface area contributed by atoms with E-state index in [1.54, 1.807) is 0 Å². The molecule has 0 saturated carbocycles. The minimum atomic E-state index is -0.0664. The Balaban J connectivity index is 2.11. The number of amides is 1. The molecule has 2 aromatic carbocycles. The van der Waals surface area contributed by atoms with Crippen molar-refractivity contribution < 1.29 is 4.79 Å². The van der Waals surface area contributed by atoms with Crippen LogP contribution < -0.4 is 5.32 Å². The first-order valence-electron chi connectivity index (χ1n) is 6.16. The smallest absolute Gasteiger partial charge is 0.255 e. The molecule has 2 rings (SSSR count). The minimum Gasteiger partial charge on any atom is -0.322 e. The first-order valence-corrected chi connectivity index (χ1v) is 6.16. The lowest BCUT2D eigenvalue weighted by atomic mass is 10.1. The lowest BCUT2D eigenvalue weighted by Gasteiger charge is -2.06. The Bertz CT molecular complexity index is 543. The molecule has 0 aromatic heterocycles. The third-order valence-electron chi connectivity index (χ3n) is 2.90. The number of hydrogen-bond acceptors (Lipinski definition) is 1. The molecule has 0 aliphatic carbocycles. The lowest BCUT2D eigenvalue weighted by Crippen LogP contribution is -2.11. The second kappa shape index (κ2) is 5.50. The molecule has 0 aliphatic rings. The molecule has 0 radical (unpaired) electrons. The molecule has 0 aliphatic heterocycles. The molecular weight excluding hydrogens is 222 g/mol. The summed E-state index contributed by atoms with van der Waals surface area (Å²) in [5, 5.41) is 2.90. The van der Waals surface area contributed by atoms with Crippen LogP contribution in [-0.4, -0.2) is 5.91 Å². The summed E-state index contributed by atoms with van der Waals surface area (Å²) < 4.78 is 0. The molecule has 2 aromatic rings. The Morgan fingerprint density at radius 1 is 1.11 bits per heavy atom. The van der Waals surface area contributed by atoms with Crippen molar-refractivity contribution in [3.8, 4) is 0 Å². The molecule has 0 unspecified atom stereocenters. The number of aryl methyl sites for hydroxylation is 2. The van der Waals surface area contributed by atoms with Gasteiger partial charge in [0.15, 0.2) is 0 Å². The maximum Gasteiger partial charge on any atom is 0.255 e. The average molecular weight is 239 g/mol. The van der Waals surface area contributed by atoms with Gasteiger partial charge in [0.2, 0.25) is 0 Å². The highest BCUT2D eigenvalue weighted by Gasteiger charge is 2.05. The predicted molar refractivity (Wildman–Crippen MR) is 75.0 cm³/mol. The van der Waals surface area contributed by atoms with Gasteiger partial charge in [0.1, 0.15) is 0 Å². The molecule has 0 spiro atoms. The van der Waals surface area contributed by atoms with Gasteiger partial charge >= 0.3 is 0 Å². The van der Waals surface area contributed by atoms with Crippen LogP contribution in [0.25, 0.3) is 0 Å². The van der Waals surface area contributed by atoms with Crippen molar-refractivity contribution in [1.82, 2.24) is 0 Å². The van der Waals surface area contributed by atoms with Crippen LogP contribution in [0, 0.1) is 6.92 Å². The number of nitrogens with one attached hydrogen (secondary N) is 1. The Morgan fingerprint density at radius 2 is 1.83 bits per heavy atom. The first kappa shape index (κ1) is 12.4. The fraction of sp³-hybridized carbons (Fsp3) is 0.188. The van der Waals surface area contributed by atoms with Gasteiger partial charge in [0.25, 0.3) is 5.91 Å². The van der Waals surface area contributed by atoms with E-state index in [-0.39, 0.29) is 5.91 Å². The van der Waals surface area contributed by atoms with Crippen LogP contribution in [0.4, 0.5) is 5.69 Å². The van der Waals surface area contributed by atoms with E-state index < -0.39 is 0 Å². The maximum atomic E-state index is 12.0. The number of carbonyl (C=O) groups is 1. The maximum absolute atomic E-state index is 12.0. The van der Waals surface area contributed by atoms with Crippen molar-refractivity contribution in [2.75, 3.05) is 5.32 Å². The summed E-state index contributed by atoms with van der Waals surface area (Å²) in [5.74, 6) is -0.0664.